The van der Waals surface area contributed by atoms with Gasteiger partial charge in [0.25, 0.3) is 17.4 Å². The molecule has 3 aliphatic rings. The fraction of sp³-hybridized carbons (Fsp3) is 0.550. The Morgan fingerprint density at radius 2 is 2.07 bits per heavy atom. The SMILES string of the molecule is CC1CCC2(CC1)NC(=O)N(NC(=O)Cn1cnc3sc4c(c3c1=O)CCC4)C2=O. The molecule has 10 heteroatoms. The standard InChI is InChI=1S/C20H23N5O4S/c1-11-5-7-20(8-6-11)18(28)25(19(29)22-20)23-14(26)9-24-10-21-16-15(17(24)27)12-3-2-4-13(12)30-16/h10-11H,2-9H2,1H3,(H,22,29)(H,23,26). The van der Waals surface area contributed by atoms with Crippen LogP contribution in [0.1, 0.15) is 49.5 Å². The number of aryl methyl sites for hydroxylation is 2. The third-order valence-corrected chi connectivity index (χ3v) is 7.73. The number of hydrazine groups is 1. The molecule has 0 aromatic carbocycles. The van der Waals surface area contributed by atoms with E-state index in [2.05, 4.69) is 22.7 Å². The molecule has 1 saturated carbocycles. The maximum atomic E-state index is 12.9. The molecule has 2 aromatic heterocycles. The van der Waals surface area contributed by atoms with Gasteiger partial charge in [-0.25, -0.2) is 9.78 Å². The molecule has 30 heavy (non-hydrogen) atoms. The molecule has 2 aliphatic carbocycles. The molecule has 1 spiro atoms. The van der Waals surface area contributed by atoms with Crippen LogP contribution in [-0.2, 0) is 29.0 Å². The van der Waals surface area contributed by atoms with Crippen LogP contribution in [0.3, 0.4) is 0 Å². The third-order valence-electron chi connectivity index (χ3n) is 6.53. The number of thiophene rings is 1. The summed E-state index contributed by atoms with van der Waals surface area (Å²) in [6, 6.07) is -0.625. The van der Waals surface area contributed by atoms with Crippen molar-refractivity contribution in [2.75, 3.05) is 0 Å². The predicted molar refractivity (Wildman–Crippen MR) is 110 cm³/mol. The van der Waals surface area contributed by atoms with Gasteiger partial charge >= 0.3 is 6.03 Å². The number of nitrogens with one attached hydrogen (secondary N) is 2. The van der Waals surface area contributed by atoms with E-state index in [4.69, 9.17) is 0 Å². The van der Waals surface area contributed by atoms with Crippen LogP contribution in [0, 0.1) is 5.92 Å². The van der Waals surface area contributed by atoms with Crippen LogP contribution in [0.2, 0.25) is 0 Å². The lowest BCUT2D eigenvalue weighted by Gasteiger charge is -2.33. The Bertz CT molecular complexity index is 1130. The number of carbonyl (C=O) groups is 3. The van der Waals surface area contributed by atoms with Gasteiger partial charge in [-0.15, -0.1) is 11.3 Å². The van der Waals surface area contributed by atoms with E-state index in [9.17, 15) is 19.2 Å². The predicted octanol–water partition coefficient (Wildman–Crippen LogP) is 1.48. The van der Waals surface area contributed by atoms with Gasteiger partial charge < -0.3 is 5.32 Å². The summed E-state index contributed by atoms with van der Waals surface area (Å²) in [5.41, 5.74) is 2.24. The van der Waals surface area contributed by atoms with E-state index >= 15 is 0 Å². The number of hydrogen-bond donors (Lipinski definition) is 2. The second-order valence-electron chi connectivity index (χ2n) is 8.59. The van der Waals surface area contributed by atoms with E-state index in [1.165, 1.54) is 27.1 Å². The summed E-state index contributed by atoms with van der Waals surface area (Å²) in [4.78, 5) is 57.0. The van der Waals surface area contributed by atoms with Crippen LogP contribution in [0.5, 0.6) is 0 Å². The first-order valence-electron chi connectivity index (χ1n) is 10.3. The lowest BCUT2D eigenvalue weighted by Crippen LogP contribution is -2.52. The van der Waals surface area contributed by atoms with Gasteiger partial charge in [0.15, 0.2) is 0 Å². The smallest absolute Gasteiger partial charge is 0.322 e. The van der Waals surface area contributed by atoms with Crippen LogP contribution in [0.15, 0.2) is 11.1 Å². The van der Waals surface area contributed by atoms with Crippen LogP contribution in [-0.4, -0.2) is 37.9 Å². The lowest BCUT2D eigenvalue weighted by atomic mass is 9.77. The molecule has 0 bridgehead atoms. The molecule has 0 unspecified atom stereocenters. The monoisotopic (exact) mass is 429 g/mol. The molecular weight excluding hydrogens is 406 g/mol. The highest BCUT2D eigenvalue weighted by Crippen LogP contribution is 2.36. The van der Waals surface area contributed by atoms with Gasteiger partial charge in [-0.1, -0.05) is 6.92 Å². The molecule has 2 aromatic rings. The minimum Gasteiger partial charge on any atom is -0.322 e. The Labute approximate surface area is 176 Å². The molecule has 1 saturated heterocycles. The molecule has 5 rings (SSSR count). The number of rotatable bonds is 3. The summed E-state index contributed by atoms with van der Waals surface area (Å²) in [6.07, 6.45) is 7.02. The number of imide groups is 1. The molecule has 3 heterocycles. The number of urea groups is 1. The zero-order valence-corrected chi connectivity index (χ0v) is 17.5. The molecule has 158 valence electrons. The van der Waals surface area contributed by atoms with Crippen molar-refractivity contribution in [1.82, 2.24) is 25.3 Å². The van der Waals surface area contributed by atoms with Crippen molar-refractivity contribution in [1.29, 1.82) is 0 Å². The van der Waals surface area contributed by atoms with Crippen molar-refractivity contribution in [3.63, 3.8) is 0 Å². The van der Waals surface area contributed by atoms with Crippen molar-refractivity contribution < 1.29 is 14.4 Å². The average molecular weight is 430 g/mol. The first-order valence-corrected chi connectivity index (χ1v) is 11.2. The topological polar surface area (TPSA) is 113 Å². The normalized spacial score (nSPS) is 25.8. The first kappa shape index (κ1) is 19.2. The van der Waals surface area contributed by atoms with E-state index in [0.717, 1.165) is 42.7 Å². The fourth-order valence-corrected chi connectivity index (χ4v) is 5.98. The quantitative estimate of drug-likeness (QED) is 0.718. The summed E-state index contributed by atoms with van der Waals surface area (Å²) < 4.78 is 1.24. The largest absolute Gasteiger partial charge is 0.344 e. The second kappa shape index (κ2) is 6.90. The Morgan fingerprint density at radius 3 is 2.83 bits per heavy atom. The van der Waals surface area contributed by atoms with Crippen LogP contribution in [0.4, 0.5) is 4.79 Å². The van der Waals surface area contributed by atoms with Crippen molar-refractivity contribution in [3.8, 4) is 0 Å². The lowest BCUT2D eigenvalue weighted by molar-refractivity contribution is -0.140. The fourth-order valence-electron chi connectivity index (χ4n) is 4.76. The highest BCUT2D eigenvalue weighted by atomic mass is 32.1. The van der Waals surface area contributed by atoms with Gasteiger partial charge in [0.2, 0.25) is 0 Å². The Morgan fingerprint density at radius 1 is 1.30 bits per heavy atom. The van der Waals surface area contributed by atoms with E-state index in [-0.39, 0.29) is 12.1 Å². The third kappa shape index (κ3) is 2.92. The molecular formula is C20H23N5O4S. The van der Waals surface area contributed by atoms with E-state index in [0.29, 0.717) is 29.0 Å². The van der Waals surface area contributed by atoms with Crippen molar-refractivity contribution >= 4 is 39.4 Å². The van der Waals surface area contributed by atoms with Gasteiger partial charge in [-0.05, 0) is 56.4 Å². The summed E-state index contributed by atoms with van der Waals surface area (Å²) >= 11 is 1.54. The van der Waals surface area contributed by atoms with Crippen molar-refractivity contribution in [2.24, 2.45) is 5.92 Å². The van der Waals surface area contributed by atoms with E-state index in [1.54, 1.807) is 0 Å². The molecule has 1 aliphatic heterocycles. The number of amides is 4. The maximum Gasteiger partial charge on any atom is 0.344 e. The van der Waals surface area contributed by atoms with Gasteiger partial charge in [0, 0.05) is 4.88 Å². The minimum absolute atomic E-state index is 0.260. The number of aromatic nitrogens is 2. The van der Waals surface area contributed by atoms with E-state index in [1.807, 2.05) is 0 Å². The summed E-state index contributed by atoms with van der Waals surface area (Å²) in [6.45, 7) is 1.81. The van der Waals surface area contributed by atoms with Crippen LogP contribution < -0.4 is 16.3 Å². The Hall–Kier alpha value is -2.75. The van der Waals surface area contributed by atoms with Gasteiger partial charge in [0.1, 0.15) is 16.9 Å². The number of fused-ring (bicyclic) bond motifs is 3. The number of nitrogens with zero attached hydrogens (tertiary/aromatic N) is 3. The second-order valence-corrected chi connectivity index (χ2v) is 9.67. The van der Waals surface area contributed by atoms with Crippen LogP contribution in [0.25, 0.3) is 10.2 Å². The van der Waals surface area contributed by atoms with Gasteiger partial charge in [-0.3, -0.25) is 24.4 Å². The Kier molecular flexibility index (Phi) is 4.42. The average Bonchev–Trinajstić information content (AvgIpc) is 3.36. The molecule has 0 atom stereocenters. The van der Waals surface area contributed by atoms with Crippen LogP contribution >= 0.6 is 11.3 Å². The minimum atomic E-state index is -0.925. The van der Waals surface area contributed by atoms with Gasteiger partial charge in [0.05, 0.1) is 11.7 Å². The molecule has 0 radical (unpaired) electrons. The number of hydrogen-bond acceptors (Lipinski definition) is 6. The number of carbonyl (C=O) groups excluding carboxylic acids is 3. The van der Waals surface area contributed by atoms with Crippen molar-refractivity contribution in [2.45, 2.75) is 64.0 Å². The summed E-state index contributed by atoms with van der Waals surface area (Å²) in [5, 5.41) is 4.11. The van der Waals surface area contributed by atoms with Gasteiger partial charge in [-0.2, -0.15) is 5.01 Å². The summed E-state index contributed by atoms with van der Waals surface area (Å²) in [7, 11) is 0. The highest BCUT2D eigenvalue weighted by Gasteiger charge is 2.52. The molecule has 2 fully saturated rings. The zero-order chi connectivity index (χ0) is 21.0. The zero-order valence-electron chi connectivity index (χ0n) is 16.7. The Balaban J connectivity index is 1.33. The molecule has 9 nitrogen and oxygen atoms in total. The van der Waals surface area contributed by atoms with E-state index < -0.39 is 23.4 Å². The first-order chi connectivity index (χ1) is 14.4. The van der Waals surface area contributed by atoms with Crippen molar-refractivity contribution in [3.05, 3.63) is 27.1 Å². The molecule has 4 amide bonds. The maximum absolute atomic E-state index is 12.9. The molecule has 2 N–H and O–H groups in total. The highest BCUT2D eigenvalue weighted by molar-refractivity contribution is 7.18. The summed E-state index contributed by atoms with van der Waals surface area (Å²) in [5.74, 6) is -0.531.